The molecular weight excluding hydrogens is 486 g/mol. The van der Waals surface area contributed by atoms with E-state index in [9.17, 15) is 15.0 Å². The van der Waals surface area contributed by atoms with E-state index in [-0.39, 0.29) is 22.8 Å². The number of anilines is 1. The first-order chi connectivity index (χ1) is 18.3. The number of rotatable bonds is 4. The van der Waals surface area contributed by atoms with Crippen LogP contribution < -0.4 is 16.4 Å². The number of benzene rings is 2. The van der Waals surface area contributed by atoms with E-state index < -0.39 is 16.9 Å². The molecule has 5 rings (SSSR count). The lowest BCUT2D eigenvalue weighted by Gasteiger charge is -2.53. The molecule has 2 aromatic carbocycles. The van der Waals surface area contributed by atoms with Crippen molar-refractivity contribution in [1.29, 1.82) is 0 Å². The Balaban J connectivity index is 1.77. The van der Waals surface area contributed by atoms with Gasteiger partial charge in [0.25, 0.3) is 0 Å². The Morgan fingerprint density at radius 2 is 1.90 bits per heavy atom. The number of fused-ring (bicyclic) bond motifs is 3. The minimum atomic E-state index is -1.77. The zero-order valence-electron chi connectivity index (χ0n) is 23.6. The fourth-order valence-electron chi connectivity index (χ4n) is 7.51. The predicted molar refractivity (Wildman–Crippen MR) is 158 cm³/mol. The number of carbonyl (C=O) groups is 1. The number of hydrogen-bond donors (Lipinski definition) is 4. The van der Waals surface area contributed by atoms with Crippen LogP contribution in [0.1, 0.15) is 48.9 Å². The van der Waals surface area contributed by atoms with E-state index in [1.54, 1.807) is 0 Å². The Labute approximate surface area is 231 Å². The maximum atomic E-state index is 12.3. The van der Waals surface area contributed by atoms with Crippen LogP contribution in [0.2, 0.25) is 0 Å². The molecule has 2 aromatic rings. The molecule has 0 spiro atoms. The number of primary amides is 1. The Morgan fingerprint density at radius 1 is 1.21 bits per heavy atom. The second kappa shape index (κ2) is 8.97. The number of nitrogens with zero attached hydrogens (tertiary/aromatic N) is 1. The van der Waals surface area contributed by atoms with Crippen LogP contribution in [0.4, 0.5) is 5.69 Å². The van der Waals surface area contributed by atoms with Gasteiger partial charge in [0, 0.05) is 48.8 Å². The molecule has 39 heavy (non-hydrogen) atoms. The first kappa shape index (κ1) is 27.0. The number of hydrogen-bond acceptors (Lipinski definition) is 5. The normalized spacial score (nSPS) is 26.3. The Hall–Kier alpha value is -3.61. The maximum absolute atomic E-state index is 12.3. The summed E-state index contributed by atoms with van der Waals surface area (Å²) in [6.45, 7) is 15.1. The van der Waals surface area contributed by atoms with E-state index in [1.165, 1.54) is 5.56 Å². The van der Waals surface area contributed by atoms with E-state index in [1.807, 2.05) is 33.2 Å². The summed E-state index contributed by atoms with van der Waals surface area (Å²) in [7, 11) is 4.09. The topological polar surface area (TPSA) is 113 Å². The summed E-state index contributed by atoms with van der Waals surface area (Å²) in [4.78, 5) is 14.4. The van der Waals surface area contributed by atoms with Gasteiger partial charge in [-0.1, -0.05) is 43.9 Å². The summed E-state index contributed by atoms with van der Waals surface area (Å²) in [5.74, 6) is -1.13. The summed E-state index contributed by atoms with van der Waals surface area (Å²) in [6, 6.07) is 10.5. The minimum Gasteiger partial charge on any atom is -0.509 e. The van der Waals surface area contributed by atoms with Gasteiger partial charge >= 0.3 is 0 Å². The van der Waals surface area contributed by atoms with Crippen molar-refractivity contribution in [3.63, 3.8) is 0 Å². The summed E-state index contributed by atoms with van der Waals surface area (Å²) >= 11 is 0. The van der Waals surface area contributed by atoms with Crippen molar-refractivity contribution in [2.45, 2.75) is 52.2 Å². The highest BCUT2D eigenvalue weighted by Gasteiger charge is 2.58. The van der Waals surface area contributed by atoms with Gasteiger partial charge in [-0.3, -0.25) is 4.79 Å². The van der Waals surface area contributed by atoms with Crippen molar-refractivity contribution in [2.24, 2.45) is 22.8 Å². The molecule has 0 saturated carbocycles. The fourth-order valence-corrected chi connectivity index (χ4v) is 7.51. The first-order valence-electron chi connectivity index (χ1n) is 13.4. The Bertz CT molecular complexity index is 1530. The molecule has 6 nitrogen and oxygen atoms in total. The van der Waals surface area contributed by atoms with Gasteiger partial charge in [0.1, 0.15) is 11.4 Å². The third-order valence-electron chi connectivity index (χ3n) is 9.27. The molecule has 0 aromatic heterocycles. The van der Waals surface area contributed by atoms with Crippen molar-refractivity contribution < 1.29 is 15.0 Å². The summed E-state index contributed by atoms with van der Waals surface area (Å²) < 4.78 is 0. The highest BCUT2D eigenvalue weighted by atomic mass is 16.3. The Kier molecular flexibility index (Phi) is 6.20. The number of aliphatic hydroxyl groups is 2. The van der Waals surface area contributed by atoms with Crippen molar-refractivity contribution in [3.8, 4) is 11.1 Å². The highest BCUT2D eigenvalue weighted by molar-refractivity contribution is 5.99. The van der Waals surface area contributed by atoms with Crippen molar-refractivity contribution >= 4 is 17.2 Å². The molecule has 6 heteroatoms. The first-order valence-corrected chi connectivity index (χ1v) is 13.4. The second-order valence-corrected chi connectivity index (χ2v) is 12.0. The molecule has 6 N–H and O–H groups in total. The van der Waals surface area contributed by atoms with Crippen molar-refractivity contribution in [3.05, 3.63) is 93.8 Å². The van der Waals surface area contributed by atoms with Crippen LogP contribution in [-0.2, 0) is 17.8 Å². The zero-order chi connectivity index (χ0) is 28.6. The maximum Gasteiger partial charge on any atom is 0.249 e. The highest BCUT2D eigenvalue weighted by Crippen LogP contribution is 2.62. The van der Waals surface area contributed by atoms with E-state index in [0.29, 0.717) is 37.0 Å². The lowest BCUT2D eigenvalue weighted by molar-refractivity contribution is -0.115. The van der Waals surface area contributed by atoms with Gasteiger partial charge in [-0.05, 0) is 89.8 Å². The lowest BCUT2D eigenvalue weighted by atomic mass is 9.52. The van der Waals surface area contributed by atoms with Crippen molar-refractivity contribution in [2.75, 3.05) is 19.0 Å². The second-order valence-electron chi connectivity index (χ2n) is 12.0. The van der Waals surface area contributed by atoms with Crippen LogP contribution in [0.25, 0.3) is 16.7 Å². The van der Waals surface area contributed by atoms with Gasteiger partial charge < -0.3 is 26.6 Å². The number of allylic oxidation sites excluding steroid dienone is 3. The SMILES string of the molecule is C=C1C2=C(O)[C@]3(O)C(=C)C(C(N)=O)=C(C)C[C@@H]3C[C@]2(C)Cc2c(N(C)C)cc(-c3cccc(CN)c3)c(C)c21. The third-order valence-corrected chi connectivity index (χ3v) is 9.27. The van der Waals surface area contributed by atoms with Crippen LogP contribution in [0.5, 0.6) is 0 Å². The molecule has 1 amide bonds. The van der Waals surface area contributed by atoms with E-state index >= 15 is 0 Å². The molecule has 0 unspecified atom stereocenters. The van der Waals surface area contributed by atoms with Crippen LogP contribution in [-0.4, -0.2) is 35.8 Å². The van der Waals surface area contributed by atoms with E-state index in [0.717, 1.165) is 39.1 Å². The van der Waals surface area contributed by atoms with Gasteiger partial charge in [-0.25, -0.2) is 0 Å². The molecule has 0 heterocycles. The predicted octanol–water partition coefficient (Wildman–Crippen LogP) is 5.09. The van der Waals surface area contributed by atoms with Gasteiger partial charge in [0.15, 0.2) is 0 Å². The average Bonchev–Trinajstić information content (AvgIpc) is 2.85. The standard InChI is InChI=1S/C33H39N3O3/c1-17-11-23-14-32(5)15-25-26(36(6)7)13-24(22-10-8-9-21(12-22)16-34)18(2)28(25)19(3)29(32)30(37)33(23,39)20(4)27(17)31(35)38/h8-10,12-13,23,37,39H,3-4,11,14-16,34H2,1-2,5-7H3,(H2,35,38)/t23-,32-,33+/m1/s1. The zero-order valence-corrected chi connectivity index (χ0v) is 23.6. The quantitative estimate of drug-likeness (QED) is 0.444. The molecule has 0 radical (unpaired) electrons. The van der Waals surface area contributed by atoms with Gasteiger partial charge in [-0.15, -0.1) is 0 Å². The molecule has 0 bridgehead atoms. The lowest BCUT2D eigenvalue weighted by Crippen LogP contribution is -2.53. The summed E-state index contributed by atoms with van der Waals surface area (Å²) in [5.41, 5.74) is 19.4. The monoisotopic (exact) mass is 525 g/mol. The summed E-state index contributed by atoms with van der Waals surface area (Å²) in [6.07, 6.45) is 1.74. The van der Waals surface area contributed by atoms with E-state index in [2.05, 4.69) is 50.1 Å². The van der Waals surface area contributed by atoms with Gasteiger partial charge in [0.05, 0.1) is 0 Å². The molecular formula is C33H39N3O3. The number of amides is 1. The minimum absolute atomic E-state index is 0.158. The fraction of sp³-hybridized carbons (Fsp3) is 0.364. The number of nitrogens with two attached hydrogens (primary N) is 2. The van der Waals surface area contributed by atoms with Crippen LogP contribution in [0.3, 0.4) is 0 Å². The Morgan fingerprint density at radius 3 is 2.51 bits per heavy atom. The molecule has 204 valence electrons. The molecule has 3 aliphatic rings. The van der Waals surface area contributed by atoms with E-state index in [4.69, 9.17) is 11.5 Å². The average molecular weight is 526 g/mol. The molecule has 0 aliphatic heterocycles. The number of carbonyl (C=O) groups excluding carboxylic acids is 1. The van der Waals surface area contributed by atoms with Gasteiger partial charge in [0.2, 0.25) is 5.91 Å². The largest absolute Gasteiger partial charge is 0.509 e. The van der Waals surface area contributed by atoms with Crippen LogP contribution >= 0.6 is 0 Å². The van der Waals surface area contributed by atoms with Gasteiger partial charge in [-0.2, -0.15) is 0 Å². The molecule has 3 atom stereocenters. The van der Waals surface area contributed by atoms with Crippen molar-refractivity contribution in [1.82, 2.24) is 0 Å². The summed E-state index contributed by atoms with van der Waals surface area (Å²) in [5, 5.41) is 24.0. The molecule has 3 aliphatic carbocycles. The number of aliphatic hydroxyl groups excluding tert-OH is 1. The van der Waals surface area contributed by atoms with Crippen LogP contribution in [0, 0.1) is 18.3 Å². The smallest absolute Gasteiger partial charge is 0.249 e. The van der Waals surface area contributed by atoms with Crippen LogP contribution in [0.15, 0.2) is 71.5 Å². The molecule has 0 fully saturated rings. The molecule has 0 saturated heterocycles. The third kappa shape index (κ3) is 3.73.